The molecule has 0 fully saturated rings. The quantitative estimate of drug-likeness (QED) is 0.476. The van der Waals surface area contributed by atoms with Crippen LogP contribution >= 0.6 is 11.6 Å². The lowest BCUT2D eigenvalue weighted by Crippen LogP contribution is -2.39. The largest absolute Gasteiger partial charge is 0.493 e. The van der Waals surface area contributed by atoms with E-state index in [9.17, 15) is 4.79 Å². The van der Waals surface area contributed by atoms with Gasteiger partial charge in [0.05, 0.1) is 6.61 Å². The molecule has 2 N–H and O–H groups in total. The number of amides is 1. The van der Waals surface area contributed by atoms with E-state index in [-0.39, 0.29) is 11.9 Å². The maximum Gasteiger partial charge on any atom is 0.251 e. The number of halogens is 1. The van der Waals surface area contributed by atoms with E-state index in [4.69, 9.17) is 21.1 Å². The van der Waals surface area contributed by atoms with Crippen LogP contribution in [-0.2, 0) is 17.6 Å². The van der Waals surface area contributed by atoms with Gasteiger partial charge in [-0.2, -0.15) is 0 Å². The summed E-state index contributed by atoms with van der Waals surface area (Å²) in [5, 5.41) is 7.12. The molecule has 6 heteroatoms. The summed E-state index contributed by atoms with van der Waals surface area (Å²) in [6, 6.07) is 12.0. The van der Waals surface area contributed by atoms with Gasteiger partial charge in [0.15, 0.2) is 0 Å². The van der Waals surface area contributed by atoms with Crippen LogP contribution in [0.15, 0.2) is 36.4 Å². The van der Waals surface area contributed by atoms with Gasteiger partial charge in [0, 0.05) is 48.9 Å². The Hall–Kier alpha value is -2.08. The molecule has 0 aliphatic carbocycles. The number of carbonyl (C=O) groups excluding carboxylic acids is 1. The van der Waals surface area contributed by atoms with E-state index >= 15 is 0 Å². The minimum atomic E-state index is -0.0646. The third-order valence-corrected chi connectivity index (χ3v) is 6.01. The molecule has 0 radical (unpaired) electrons. The molecule has 0 aromatic heterocycles. The van der Waals surface area contributed by atoms with Crippen molar-refractivity contribution in [3.8, 4) is 5.75 Å². The van der Waals surface area contributed by atoms with Gasteiger partial charge in [-0.25, -0.2) is 0 Å². The predicted molar refractivity (Wildman–Crippen MR) is 125 cm³/mol. The molecule has 0 saturated heterocycles. The van der Waals surface area contributed by atoms with E-state index in [1.165, 1.54) is 5.56 Å². The number of nitrogens with one attached hydrogen (secondary N) is 2. The number of unbranched alkanes of at least 4 members (excludes halogenated alkanes) is 2. The summed E-state index contributed by atoms with van der Waals surface area (Å²) in [5.41, 5.74) is 4.10. The average molecular weight is 445 g/mol. The zero-order valence-electron chi connectivity index (χ0n) is 18.5. The summed E-state index contributed by atoms with van der Waals surface area (Å²) in [6.07, 6.45) is 5.94. The summed E-state index contributed by atoms with van der Waals surface area (Å²) in [7, 11) is 3.68. The first-order valence-corrected chi connectivity index (χ1v) is 11.5. The number of ether oxygens (including phenoxy) is 2. The fraction of sp³-hybridized carbons (Fsp3) is 0.480. The molecule has 0 bridgehead atoms. The van der Waals surface area contributed by atoms with Gasteiger partial charge in [-0.05, 0) is 61.7 Å². The molecular formula is C25H33ClN2O3. The number of hydrogen-bond acceptors (Lipinski definition) is 4. The SMILES string of the molecule is CNC(CCCCCOC)CNC(=O)c1cc(Cc2cccc(Cl)c2)c2c(c1)OCC2. The molecule has 1 unspecified atom stereocenters. The van der Waals surface area contributed by atoms with Crippen molar-refractivity contribution in [3.63, 3.8) is 0 Å². The smallest absolute Gasteiger partial charge is 0.251 e. The molecular weight excluding hydrogens is 412 g/mol. The Morgan fingerprint density at radius 2 is 2.10 bits per heavy atom. The Morgan fingerprint density at radius 1 is 1.23 bits per heavy atom. The molecule has 1 aliphatic rings. The second-order valence-corrected chi connectivity index (χ2v) is 8.49. The second-order valence-electron chi connectivity index (χ2n) is 8.05. The molecule has 1 aliphatic heterocycles. The molecule has 0 spiro atoms. The lowest BCUT2D eigenvalue weighted by molar-refractivity contribution is 0.0948. The first-order valence-electron chi connectivity index (χ1n) is 11.1. The average Bonchev–Trinajstić information content (AvgIpc) is 3.24. The van der Waals surface area contributed by atoms with Crippen molar-refractivity contribution in [2.24, 2.45) is 0 Å². The van der Waals surface area contributed by atoms with Crippen molar-refractivity contribution in [1.29, 1.82) is 0 Å². The Morgan fingerprint density at radius 3 is 2.87 bits per heavy atom. The number of carbonyl (C=O) groups is 1. The molecule has 1 heterocycles. The van der Waals surface area contributed by atoms with Crippen LogP contribution in [0.1, 0.15) is 52.7 Å². The molecule has 1 amide bonds. The third kappa shape index (κ3) is 6.96. The van der Waals surface area contributed by atoms with Crippen LogP contribution in [0.2, 0.25) is 5.02 Å². The van der Waals surface area contributed by atoms with Crippen molar-refractivity contribution in [1.82, 2.24) is 10.6 Å². The zero-order valence-corrected chi connectivity index (χ0v) is 19.3. The minimum Gasteiger partial charge on any atom is -0.493 e. The van der Waals surface area contributed by atoms with Crippen molar-refractivity contribution in [2.45, 2.75) is 44.6 Å². The van der Waals surface area contributed by atoms with Gasteiger partial charge < -0.3 is 20.1 Å². The van der Waals surface area contributed by atoms with E-state index in [1.807, 2.05) is 37.4 Å². The van der Waals surface area contributed by atoms with Gasteiger partial charge in [-0.15, -0.1) is 0 Å². The van der Waals surface area contributed by atoms with Crippen LogP contribution in [0.3, 0.4) is 0 Å². The summed E-state index contributed by atoms with van der Waals surface area (Å²) in [6.45, 7) is 2.06. The fourth-order valence-corrected chi connectivity index (χ4v) is 4.23. The van der Waals surface area contributed by atoms with Gasteiger partial charge in [-0.3, -0.25) is 4.79 Å². The molecule has 31 heavy (non-hydrogen) atoms. The molecule has 2 aromatic rings. The van der Waals surface area contributed by atoms with Crippen LogP contribution < -0.4 is 15.4 Å². The van der Waals surface area contributed by atoms with Crippen molar-refractivity contribution < 1.29 is 14.3 Å². The number of rotatable bonds is 12. The maximum atomic E-state index is 12.9. The molecule has 0 saturated carbocycles. The highest BCUT2D eigenvalue weighted by atomic mass is 35.5. The molecule has 2 aromatic carbocycles. The number of benzene rings is 2. The maximum absolute atomic E-state index is 12.9. The van der Waals surface area contributed by atoms with Gasteiger partial charge in [0.1, 0.15) is 5.75 Å². The van der Waals surface area contributed by atoms with Crippen molar-refractivity contribution >= 4 is 17.5 Å². The van der Waals surface area contributed by atoms with Crippen LogP contribution in [-0.4, -0.2) is 45.9 Å². The highest BCUT2D eigenvalue weighted by Crippen LogP contribution is 2.32. The predicted octanol–water partition coefficient (Wildman–Crippen LogP) is 4.39. The first kappa shape index (κ1) is 23.6. The molecule has 1 atom stereocenters. The fourth-order valence-electron chi connectivity index (χ4n) is 4.01. The highest BCUT2D eigenvalue weighted by Gasteiger charge is 2.20. The molecule has 5 nitrogen and oxygen atoms in total. The third-order valence-electron chi connectivity index (χ3n) is 5.78. The monoisotopic (exact) mass is 444 g/mol. The van der Waals surface area contributed by atoms with E-state index in [0.717, 1.165) is 67.0 Å². The summed E-state index contributed by atoms with van der Waals surface area (Å²) >= 11 is 6.15. The van der Waals surface area contributed by atoms with Crippen molar-refractivity contribution in [2.75, 3.05) is 33.9 Å². The standard InChI is InChI=1S/C25H33ClN2O3/c1-27-22(9-4-3-5-11-30-2)17-28-25(29)20-15-19(23-10-12-31-24(23)16-20)13-18-7-6-8-21(26)14-18/h6-8,14-16,22,27H,3-5,9-13,17H2,1-2H3,(H,28,29). The second kappa shape index (κ2) is 12.1. The van der Waals surface area contributed by atoms with Crippen LogP contribution in [0.4, 0.5) is 0 Å². The highest BCUT2D eigenvalue weighted by molar-refractivity contribution is 6.30. The summed E-state index contributed by atoms with van der Waals surface area (Å²) < 4.78 is 10.9. The van der Waals surface area contributed by atoms with Gasteiger partial charge in [0.25, 0.3) is 5.91 Å². The zero-order chi connectivity index (χ0) is 22.1. The normalized spacial score (nSPS) is 13.5. The van der Waals surface area contributed by atoms with Crippen LogP contribution in [0.5, 0.6) is 5.75 Å². The lowest BCUT2D eigenvalue weighted by Gasteiger charge is -2.17. The number of hydrogen-bond donors (Lipinski definition) is 2. The molecule has 168 valence electrons. The summed E-state index contributed by atoms with van der Waals surface area (Å²) in [4.78, 5) is 12.9. The van der Waals surface area contributed by atoms with E-state index in [1.54, 1.807) is 7.11 Å². The van der Waals surface area contributed by atoms with E-state index in [2.05, 4.69) is 16.7 Å². The lowest BCUT2D eigenvalue weighted by atomic mass is 9.95. The topological polar surface area (TPSA) is 59.6 Å². The summed E-state index contributed by atoms with van der Waals surface area (Å²) in [5.74, 6) is 0.762. The molecule has 3 rings (SSSR count). The Balaban J connectivity index is 1.63. The Labute approximate surface area is 190 Å². The van der Waals surface area contributed by atoms with Gasteiger partial charge in [-0.1, -0.05) is 36.6 Å². The number of fused-ring (bicyclic) bond motifs is 1. The van der Waals surface area contributed by atoms with E-state index < -0.39 is 0 Å². The number of likely N-dealkylation sites (N-methyl/N-ethyl adjacent to an activating group) is 1. The van der Waals surface area contributed by atoms with Crippen molar-refractivity contribution in [3.05, 3.63) is 63.7 Å². The Bertz CT molecular complexity index is 872. The Kier molecular flexibility index (Phi) is 9.19. The number of methoxy groups -OCH3 is 1. The first-order chi connectivity index (χ1) is 15.1. The van der Waals surface area contributed by atoms with E-state index in [0.29, 0.717) is 18.7 Å². The minimum absolute atomic E-state index is 0.0646. The van der Waals surface area contributed by atoms with Crippen LogP contribution in [0.25, 0.3) is 0 Å². The van der Waals surface area contributed by atoms with Crippen LogP contribution in [0, 0.1) is 0 Å². The van der Waals surface area contributed by atoms with Gasteiger partial charge >= 0.3 is 0 Å². The van der Waals surface area contributed by atoms with Gasteiger partial charge in [0.2, 0.25) is 0 Å².